The second kappa shape index (κ2) is 19.5. The van der Waals surface area contributed by atoms with Crippen LogP contribution in [0, 0.1) is 14.4 Å². The van der Waals surface area contributed by atoms with E-state index in [2.05, 4.69) is 51.1 Å². The van der Waals surface area contributed by atoms with E-state index in [0.29, 0.717) is 0 Å². The van der Waals surface area contributed by atoms with Crippen LogP contribution in [0.1, 0.15) is 48.4 Å². The molecular formula is C33H39ClN2O2RuS. The first kappa shape index (κ1) is 35.4. The predicted octanol–water partition coefficient (Wildman–Crippen LogP) is 8.48. The summed E-state index contributed by atoms with van der Waals surface area (Å²) in [5.74, 6) is -0.281. The number of allylic oxidation sites excluding steroid dienone is 5. The maximum atomic E-state index is 13.0. The van der Waals surface area contributed by atoms with Crippen LogP contribution in [-0.2, 0) is 27.3 Å². The van der Waals surface area contributed by atoms with Crippen molar-refractivity contribution in [3.8, 4) is 0 Å². The Labute approximate surface area is 255 Å². The summed E-state index contributed by atoms with van der Waals surface area (Å²) < 4.78 is 30.3. The summed E-state index contributed by atoms with van der Waals surface area (Å²) in [4.78, 5) is 0.193. The third-order valence-electron chi connectivity index (χ3n) is 6.12. The molecule has 3 aromatic carbocycles. The Morgan fingerprint density at radius 3 is 2.10 bits per heavy atom. The molecule has 2 atom stereocenters. The van der Waals surface area contributed by atoms with Crippen LogP contribution in [0.4, 0.5) is 0 Å². The molecule has 40 heavy (non-hydrogen) atoms. The second-order valence-corrected chi connectivity index (χ2v) is 10.7. The molecule has 0 amide bonds. The van der Waals surface area contributed by atoms with Crippen molar-refractivity contribution in [1.82, 2.24) is 5.32 Å². The Morgan fingerprint density at radius 2 is 1.52 bits per heavy atom. The SMILES string of the molecule is C=C/C=C\C=C(/C)CCCN[C@@H](c1ccccc1)C(/C=N\S(=O)(=O)c1ccc(C)cc1)c1ccccc1.[CH3-].[Cl][Ru+]. The third-order valence-corrected chi connectivity index (χ3v) is 7.39. The van der Waals surface area contributed by atoms with Gasteiger partial charge in [-0.1, -0.05) is 115 Å². The van der Waals surface area contributed by atoms with Gasteiger partial charge in [0.1, 0.15) is 0 Å². The van der Waals surface area contributed by atoms with Gasteiger partial charge >= 0.3 is 27.0 Å². The number of hydrogen-bond donors (Lipinski definition) is 1. The third kappa shape index (κ3) is 11.9. The zero-order chi connectivity index (χ0) is 28.5. The van der Waals surface area contributed by atoms with Crippen molar-refractivity contribution in [1.29, 1.82) is 0 Å². The first-order valence-electron chi connectivity index (χ1n) is 12.7. The van der Waals surface area contributed by atoms with Gasteiger partial charge in [-0.2, -0.15) is 12.8 Å². The normalized spacial score (nSPS) is 13.2. The van der Waals surface area contributed by atoms with Crippen LogP contribution in [0.2, 0.25) is 0 Å². The molecule has 3 aromatic rings. The summed E-state index contributed by atoms with van der Waals surface area (Å²) in [5, 5.41) is 3.69. The molecule has 0 bridgehead atoms. The molecule has 0 radical (unpaired) electrons. The summed E-state index contributed by atoms with van der Waals surface area (Å²) in [5.41, 5.74) is 4.37. The molecule has 0 saturated carbocycles. The molecule has 0 aliphatic heterocycles. The molecule has 1 unspecified atom stereocenters. The second-order valence-electron chi connectivity index (χ2n) is 9.06. The van der Waals surface area contributed by atoms with Crippen molar-refractivity contribution in [2.75, 3.05) is 6.54 Å². The van der Waals surface area contributed by atoms with E-state index in [-0.39, 0.29) is 24.3 Å². The maximum absolute atomic E-state index is 13.0. The fourth-order valence-electron chi connectivity index (χ4n) is 4.08. The van der Waals surface area contributed by atoms with Crippen LogP contribution in [-0.4, -0.2) is 21.2 Å². The van der Waals surface area contributed by atoms with E-state index >= 15 is 0 Å². The van der Waals surface area contributed by atoms with E-state index in [4.69, 9.17) is 0 Å². The van der Waals surface area contributed by atoms with E-state index in [1.807, 2.05) is 84.9 Å². The monoisotopic (exact) mass is 664 g/mol. The van der Waals surface area contributed by atoms with Crippen LogP contribution >= 0.6 is 9.69 Å². The van der Waals surface area contributed by atoms with E-state index in [1.54, 1.807) is 36.6 Å². The number of nitrogens with zero attached hydrogens (tertiary/aromatic N) is 1. The molecule has 214 valence electrons. The van der Waals surface area contributed by atoms with Crippen LogP contribution < -0.4 is 5.32 Å². The molecule has 0 aromatic heterocycles. The van der Waals surface area contributed by atoms with Crippen LogP contribution in [0.25, 0.3) is 0 Å². The number of nitrogens with one attached hydrogen (secondary N) is 1. The molecule has 4 nitrogen and oxygen atoms in total. The fraction of sp³-hybridized carbons (Fsp3) is 0.212. The number of sulfonamides is 1. The molecule has 0 aliphatic carbocycles. The molecule has 0 heterocycles. The standard InChI is InChI=1S/C32H36N2O2S.CH3.ClH.Ru/c1-4-5-8-14-26(2)15-13-24-33-32(29-18-11-7-12-19-29)31(28-16-9-6-10-17-28)25-34-37(35,36)30-22-20-27(3)21-23-30;;;/h4-12,14,16-23,25,31-33H,1,13,15,24H2,2-3H3;1H3;1H;/q;-1;;+2/p-1/b8-5-,26-14+,34-25-;;;/t31?,32-;;;/m0.../s1. The van der Waals surface area contributed by atoms with Crippen molar-refractivity contribution < 1.29 is 25.7 Å². The van der Waals surface area contributed by atoms with Crippen molar-refractivity contribution in [3.05, 3.63) is 146 Å². The van der Waals surface area contributed by atoms with Gasteiger partial charge in [0.2, 0.25) is 0 Å². The molecule has 0 fully saturated rings. The number of halogens is 1. The summed E-state index contributed by atoms with van der Waals surface area (Å²) in [7, 11) is 0.746. The Balaban J connectivity index is 0.00000261. The van der Waals surface area contributed by atoms with Gasteiger partial charge in [-0.25, -0.2) is 0 Å². The van der Waals surface area contributed by atoms with E-state index in [1.165, 1.54) is 5.57 Å². The van der Waals surface area contributed by atoms with Gasteiger partial charge < -0.3 is 12.7 Å². The minimum absolute atomic E-state index is 0. The van der Waals surface area contributed by atoms with E-state index < -0.39 is 10.0 Å². The minimum atomic E-state index is -3.82. The van der Waals surface area contributed by atoms with Crippen molar-refractivity contribution in [3.63, 3.8) is 0 Å². The topological polar surface area (TPSA) is 58.5 Å². The molecule has 3 rings (SSSR count). The number of hydrogen-bond acceptors (Lipinski definition) is 3. The zero-order valence-electron chi connectivity index (χ0n) is 23.4. The van der Waals surface area contributed by atoms with Gasteiger partial charge in [0.15, 0.2) is 0 Å². The first-order chi connectivity index (χ1) is 18.9. The summed E-state index contributed by atoms with van der Waals surface area (Å²) in [6.07, 6.45) is 11.3. The molecule has 0 aliphatic rings. The summed E-state index contributed by atoms with van der Waals surface area (Å²) in [6.45, 7) is 8.52. The van der Waals surface area contributed by atoms with Crippen LogP contribution in [0.3, 0.4) is 0 Å². The quantitative estimate of drug-likeness (QED) is 0.0656. The number of rotatable bonds is 13. The van der Waals surface area contributed by atoms with Gasteiger partial charge in [0.05, 0.1) is 4.90 Å². The Morgan fingerprint density at radius 1 is 0.950 bits per heavy atom. The first-order valence-corrected chi connectivity index (χ1v) is 16.4. The van der Waals surface area contributed by atoms with E-state index in [9.17, 15) is 8.42 Å². The Bertz CT molecular complexity index is 1320. The van der Waals surface area contributed by atoms with Gasteiger partial charge in [-0.05, 0) is 56.5 Å². The summed E-state index contributed by atoms with van der Waals surface area (Å²) >= 11 is 1.82. The van der Waals surface area contributed by atoms with Crippen molar-refractivity contribution in [2.45, 2.75) is 43.5 Å². The molecule has 1 N–H and O–H groups in total. The Hall–Kier alpha value is -2.63. The van der Waals surface area contributed by atoms with Gasteiger partial charge in [-0.3, -0.25) is 0 Å². The molecule has 0 saturated heterocycles. The summed E-state index contributed by atoms with van der Waals surface area (Å²) in [6, 6.07) is 26.7. The average molecular weight is 664 g/mol. The van der Waals surface area contributed by atoms with Crippen LogP contribution in [0.15, 0.2) is 131 Å². The van der Waals surface area contributed by atoms with Gasteiger partial charge in [0, 0.05) is 18.2 Å². The average Bonchev–Trinajstić information content (AvgIpc) is 2.96. The van der Waals surface area contributed by atoms with Crippen LogP contribution in [0.5, 0.6) is 0 Å². The van der Waals surface area contributed by atoms with Crippen molar-refractivity contribution >= 4 is 25.9 Å². The zero-order valence-corrected chi connectivity index (χ0v) is 26.7. The number of aryl methyl sites for hydroxylation is 1. The molecular weight excluding hydrogens is 625 g/mol. The van der Waals surface area contributed by atoms with Crippen molar-refractivity contribution in [2.24, 2.45) is 4.40 Å². The predicted molar refractivity (Wildman–Crippen MR) is 168 cm³/mol. The molecule has 7 heteroatoms. The number of benzene rings is 3. The van der Waals surface area contributed by atoms with Gasteiger partial charge in [-0.15, -0.1) is 0 Å². The Kier molecular flexibility index (Phi) is 17.2. The van der Waals surface area contributed by atoms with E-state index in [0.717, 1.165) is 36.1 Å². The molecule has 0 spiro atoms. The fourth-order valence-corrected chi connectivity index (χ4v) is 4.97. The van der Waals surface area contributed by atoms with Gasteiger partial charge in [0.25, 0.3) is 10.0 Å².